The van der Waals surface area contributed by atoms with Crippen molar-refractivity contribution in [1.29, 1.82) is 0 Å². The minimum atomic E-state index is -0.730. The molecule has 2 unspecified atom stereocenters. The van der Waals surface area contributed by atoms with Gasteiger partial charge in [-0.3, -0.25) is 9.59 Å². The molecule has 8 heteroatoms. The van der Waals surface area contributed by atoms with E-state index in [4.69, 9.17) is 21.1 Å². The highest BCUT2D eigenvalue weighted by atomic mass is 35.5. The Labute approximate surface area is 204 Å². The summed E-state index contributed by atoms with van der Waals surface area (Å²) in [5, 5.41) is 11.7. The second-order valence-corrected chi connectivity index (χ2v) is 9.06. The third kappa shape index (κ3) is 4.63. The normalized spacial score (nSPS) is 21.8. The maximum Gasteiger partial charge on any atom is 0.295 e. The number of amides is 1. The lowest BCUT2D eigenvalue weighted by atomic mass is 9.95. The van der Waals surface area contributed by atoms with Crippen molar-refractivity contribution in [1.82, 2.24) is 4.90 Å². The summed E-state index contributed by atoms with van der Waals surface area (Å²) in [6, 6.07) is 11.7. The molecule has 2 saturated heterocycles. The summed E-state index contributed by atoms with van der Waals surface area (Å²) < 4.78 is 11.3. The van der Waals surface area contributed by atoms with Gasteiger partial charge in [-0.15, -0.1) is 0 Å². The van der Waals surface area contributed by atoms with E-state index in [1.165, 1.54) is 4.90 Å². The predicted octanol–water partition coefficient (Wildman–Crippen LogP) is 4.41. The van der Waals surface area contributed by atoms with E-state index < -0.39 is 17.7 Å². The molecule has 2 fully saturated rings. The smallest absolute Gasteiger partial charge is 0.295 e. The lowest BCUT2D eigenvalue weighted by Crippen LogP contribution is -2.36. The second kappa shape index (κ2) is 10.1. The van der Waals surface area contributed by atoms with Gasteiger partial charge in [-0.2, -0.15) is 0 Å². The van der Waals surface area contributed by atoms with Gasteiger partial charge in [-0.1, -0.05) is 23.7 Å². The first-order valence-corrected chi connectivity index (χ1v) is 11.8. The average molecular weight is 485 g/mol. The highest BCUT2D eigenvalue weighted by Gasteiger charge is 2.47. The molecule has 1 amide bonds. The van der Waals surface area contributed by atoms with Gasteiger partial charge < -0.3 is 24.4 Å². The Balaban J connectivity index is 1.82. The number of carbonyl (C=O) groups is 2. The summed E-state index contributed by atoms with van der Waals surface area (Å²) in [5.74, 6) is -1.22. The van der Waals surface area contributed by atoms with Crippen LogP contribution in [0.3, 0.4) is 0 Å². The van der Waals surface area contributed by atoms with E-state index in [2.05, 4.69) is 0 Å². The number of halogens is 1. The molecule has 0 aromatic heterocycles. The molecule has 34 heavy (non-hydrogen) atoms. The van der Waals surface area contributed by atoms with Gasteiger partial charge in [-0.05, 0) is 55.7 Å². The topological polar surface area (TPSA) is 79.3 Å². The maximum absolute atomic E-state index is 13.2. The Morgan fingerprint density at radius 2 is 1.94 bits per heavy atom. The van der Waals surface area contributed by atoms with Crippen LogP contribution in [0, 0.1) is 0 Å². The first kappa shape index (κ1) is 24.1. The molecule has 2 atom stereocenters. The van der Waals surface area contributed by atoms with Crippen LogP contribution in [0.15, 0.2) is 48.0 Å². The number of ether oxygens (including phenoxy) is 2. The Hall–Kier alpha value is -3.03. The summed E-state index contributed by atoms with van der Waals surface area (Å²) in [6.45, 7) is 3.15. The minimum absolute atomic E-state index is 0.0466. The van der Waals surface area contributed by atoms with E-state index >= 15 is 0 Å². The van der Waals surface area contributed by atoms with E-state index in [0.29, 0.717) is 29.5 Å². The lowest BCUT2D eigenvalue weighted by molar-refractivity contribution is -0.140. The molecule has 2 heterocycles. The number of aliphatic hydroxyl groups is 1. The number of Topliss-reactive ketones (excluding diaryl/α,β-unsaturated/α-hetero) is 1. The van der Waals surface area contributed by atoms with Crippen LogP contribution in [0.4, 0.5) is 5.69 Å². The molecule has 1 N–H and O–H groups in total. The molecule has 2 aromatic rings. The number of ketones is 1. The summed E-state index contributed by atoms with van der Waals surface area (Å²) in [5.41, 5.74) is 2.13. The average Bonchev–Trinajstić information content (AvgIpc) is 3.43. The van der Waals surface area contributed by atoms with Crippen LogP contribution >= 0.6 is 11.6 Å². The Morgan fingerprint density at radius 3 is 2.56 bits per heavy atom. The van der Waals surface area contributed by atoms with Crippen LogP contribution in [0.2, 0.25) is 5.02 Å². The molecule has 7 nitrogen and oxygen atoms in total. The molecule has 0 radical (unpaired) electrons. The standard InChI is InChI=1S/C26H29ClN2O5/c1-4-33-21-14-17(9-12-20(21)27)24(30)22-23(16-7-10-18(11-8-16)28(2)3)29(26(32)25(22)31)15-19-6-5-13-34-19/h7-12,14,19,23,30H,4-6,13,15H2,1-3H3/b24-22-. The van der Waals surface area contributed by atoms with Gasteiger partial charge in [-0.25, -0.2) is 0 Å². The third-order valence-electron chi connectivity index (χ3n) is 6.19. The number of nitrogens with zero attached hydrogens (tertiary/aromatic N) is 2. The van der Waals surface area contributed by atoms with Crippen molar-refractivity contribution in [2.75, 3.05) is 38.8 Å². The molecular formula is C26H29ClN2O5. The molecule has 2 aliphatic rings. The van der Waals surface area contributed by atoms with E-state index in [1.807, 2.05) is 50.2 Å². The molecule has 0 saturated carbocycles. The SMILES string of the molecule is CCOc1cc(/C(O)=C2/C(=O)C(=O)N(CC3CCCO3)C2c2ccc(N(C)C)cc2)ccc1Cl. The van der Waals surface area contributed by atoms with E-state index in [1.54, 1.807) is 18.2 Å². The van der Waals surface area contributed by atoms with Gasteiger partial charge in [0, 0.05) is 38.5 Å². The van der Waals surface area contributed by atoms with Crippen LogP contribution < -0.4 is 9.64 Å². The molecule has 0 aliphatic carbocycles. The lowest BCUT2D eigenvalue weighted by Gasteiger charge is -2.28. The second-order valence-electron chi connectivity index (χ2n) is 8.65. The fourth-order valence-electron chi connectivity index (χ4n) is 4.45. The number of benzene rings is 2. The van der Waals surface area contributed by atoms with Gasteiger partial charge in [0.2, 0.25) is 0 Å². The molecule has 4 rings (SSSR count). The summed E-state index contributed by atoms with van der Waals surface area (Å²) in [7, 11) is 3.88. The third-order valence-corrected chi connectivity index (χ3v) is 6.51. The highest BCUT2D eigenvalue weighted by molar-refractivity contribution is 6.46. The van der Waals surface area contributed by atoms with Crippen molar-refractivity contribution >= 4 is 34.7 Å². The van der Waals surface area contributed by atoms with Crippen LogP contribution in [-0.2, 0) is 14.3 Å². The summed E-state index contributed by atoms with van der Waals surface area (Å²) in [6.07, 6.45) is 1.60. The van der Waals surface area contributed by atoms with Crippen molar-refractivity contribution in [2.24, 2.45) is 0 Å². The molecule has 2 aromatic carbocycles. The van der Waals surface area contributed by atoms with E-state index in [9.17, 15) is 14.7 Å². The zero-order valence-corrected chi connectivity index (χ0v) is 20.3. The largest absolute Gasteiger partial charge is 0.507 e. The van der Waals surface area contributed by atoms with Gasteiger partial charge in [0.05, 0.1) is 29.3 Å². The first-order chi connectivity index (χ1) is 16.3. The number of likely N-dealkylation sites (tertiary alicyclic amines) is 1. The number of aliphatic hydroxyl groups excluding tert-OH is 1. The first-order valence-electron chi connectivity index (χ1n) is 11.4. The Kier molecular flexibility index (Phi) is 7.14. The molecular weight excluding hydrogens is 456 g/mol. The fourth-order valence-corrected chi connectivity index (χ4v) is 4.62. The fraction of sp³-hybridized carbons (Fsp3) is 0.385. The van der Waals surface area contributed by atoms with Gasteiger partial charge in [0.25, 0.3) is 11.7 Å². The Morgan fingerprint density at radius 1 is 1.21 bits per heavy atom. The molecule has 0 bridgehead atoms. The minimum Gasteiger partial charge on any atom is -0.507 e. The summed E-state index contributed by atoms with van der Waals surface area (Å²) in [4.78, 5) is 29.9. The van der Waals surface area contributed by atoms with Crippen molar-refractivity contribution in [2.45, 2.75) is 31.9 Å². The van der Waals surface area contributed by atoms with Crippen molar-refractivity contribution in [3.63, 3.8) is 0 Å². The van der Waals surface area contributed by atoms with Crippen molar-refractivity contribution in [3.05, 3.63) is 64.2 Å². The monoisotopic (exact) mass is 484 g/mol. The van der Waals surface area contributed by atoms with E-state index in [-0.39, 0.29) is 24.0 Å². The zero-order valence-electron chi connectivity index (χ0n) is 19.6. The van der Waals surface area contributed by atoms with Crippen LogP contribution in [0.25, 0.3) is 5.76 Å². The van der Waals surface area contributed by atoms with Crippen LogP contribution in [0.5, 0.6) is 5.75 Å². The number of hydrogen-bond donors (Lipinski definition) is 1. The number of carbonyl (C=O) groups excluding carboxylic acids is 2. The predicted molar refractivity (Wildman–Crippen MR) is 131 cm³/mol. The molecule has 0 spiro atoms. The quantitative estimate of drug-likeness (QED) is 0.356. The van der Waals surface area contributed by atoms with Crippen molar-refractivity contribution in [3.8, 4) is 5.75 Å². The highest BCUT2D eigenvalue weighted by Crippen LogP contribution is 2.41. The molecule has 180 valence electrons. The Bertz CT molecular complexity index is 1110. The van der Waals surface area contributed by atoms with E-state index in [0.717, 1.165) is 24.1 Å². The number of hydrogen-bond acceptors (Lipinski definition) is 6. The maximum atomic E-state index is 13.2. The van der Waals surface area contributed by atoms with Gasteiger partial charge in [0.15, 0.2) is 0 Å². The van der Waals surface area contributed by atoms with Gasteiger partial charge >= 0.3 is 0 Å². The number of anilines is 1. The van der Waals surface area contributed by atoms with Crippen LogP contribution in [0.1, 0.15) is 36.9 Å². The van der Waals surface area contributed by atoms with Gasteiger partial charge in [0.1, 0.15) is 11.5 Å². The molecule has 2 aliphatic heterocycles. The van der Waals surface area contributed by atoms with Crippen LogP contribution in [-0.4, -0.2) is 61.7 Å². The number of rotatable bonds is 7. The van der Waals surface area contributed by atoms with Crippen molar-refractivity contribution < 1.29 is 24.2 Å². The summed E-state index contributed by atoms with van der Waals surface area (Å²) >= 11 is 6.20. The zero-order chi connectivity index (χ0) is 24.4.